The van der Waals surface area contributed by atoms with Crippen molar-refractivity contribution in [2.24, 2.45) is 0 Å². The number of ether oxygens (including phenoxy) is 3. The molecule has 1 aliphatic rings. The number of rotatable bonds is 6. The summed E-state index contributed by atoms with van der Waals surface area (Å²) in [6.45, 7) is 3.77. The molecule has 5 nitrogen and oxygen atoms in total. The molecule has 1 rings (SSSR count). The molecule has 1 N–H and O–H groups in total. The third kappa shape index (κ3) is 3.43. The SMILES string of the molecule is CNC(C)(CCOC1CCOC1)C(=O)OC. The maximum absolute atomic E-state index is 11.5. The van der Waals surface area contributed by atoms with Crippen LogP contribution in [0.4, 0.5) is 0 Å². The van der Waals surface area contributed by atoms with Gasteiger partial charge in [-0.2, -0.15) is 0 Å². The Balaban J connectivity index is 2.29. The van der Waals surface area contributed by atoms with Crippen LogP contribution in [0.2, 0.25) is 0 Å². The molecular weight excluding hydrogens is 210 g/mol. The van der Waals surface area contributed by atoms with Gasteiger partial charge in [0.15, 0.2) is 0 Å². The topological polar surface area (TPSA) is 56.8 Å². The molecule has 0 amide bonds. The zero-order valence-electron chi connectivity index (χ0n) is 10.2. The highest BCUT2D eigenvalue weighted by atomic mass is 16.5. The van der Waals surface area contributed by atoms with Gasteiger partial charge < -0.3 is 19.5 Å². The Bertz CT molecular complexity index is 228. The lowest BCUT2D eigenvalue weighted by Crippen LogP contribution is -2.49. The molecule has 1 saturated heterocycles. The van der Waals surface area contributed by atoms with Crippen molar-refractivity contribution in [2.75, 3.05) is 34.0 Å². The van der Waals surface area contributed by atoms with Crippen LogP contribution in [0.1, 0.15) is 19.8 Å². The molecule has 16 heavy (non-hydrogen) atoms. The molecule has 2 atom stereocenters. The first-order valence-electron chi connectivity index (χ1n) is 5.59. The lowest BCUT2D eigenvalue weighted by Gasteiger charge is -2.26. The minimum Gasteiger partial charge on any atom is -0.468 e. The van der Waals surface area contributed by atoms with Gasteiger partial charge >= 0.3 is 5.97 Å². The van der Waals surface area contributed by atoms with E-state index in [0.29, 0.717) is 19.6 Å². The fourth-order valence-electron chi connectivity index (χ4n) is 1.63. The van der Waals surface area contributed by atoms with Crippen molar-refractivity contribution < 1.29 is 19.0 Å². The summed E-state index contributed by atoms with van der Waals surface area (Å²) in [5.74, 6) is -0.263. The quantitative estimate of drug-likeness (QED) is 0.668. The highest BCUT2D eigenvalue weighted by molar-refractivity contribution is 5.80. The number of hydrogen-bond acceptors (Lipinski definition) is 5. The van der Waals surface area contributed by atoms with E-state index < -0.39 is 5.54 Å². The zero-order valence-corrected chi connectivity index (χ0v) is 10.2. The van der Waals surface area contributed by atoms with E-state index in [9.17, 15) is 4.79 Å². The van der Waals surface area contributed by atoms with Gasteiger partial charge in [0.1, 0.15) is 5.54 Å². The Morgan fingerprint density at radius 3 is 2.88 bits per heavy atom. The predicted molar refractivity (Wildman–Crippen MR) is 59.3 cm³/mol. The smallest absolute Gasteiger partial charge is 0.325 e. The van der Waals surface area contributed by atoms with Gasteiger partial charge in [0.2, 0.25) is 0 Å². The molecule has 2 unspecified atom stereocenters. The Labute approximate surface area is 96.4 Å². The van der Waals surface area contributed by atoms with Crippen LogP contribution in [-0.4, -0.2) is 51.6 Å². The van der Waals surface area contributed by atoms with E-state index in [-0.39, 0.29) is 12.1 Å². The van der Waals surface area contributed by atoms with E-state index in [1.165, 1.54) is 7.11 Å². The van der Waals surface area contributed by atoms with Crippen LogP contribution in [0.3, 0.4) is 0 Å². The third-order valence-corrected chi connectivity index (χ3v) is 3.03. The van der Waals surface area contributed by atoms with Crippen molar-refractivity contribution in [2.45, 2.75) is 31.4 Å². The van der Waals surface area contributed by atoms with Gasteiger partial charge in [0, 0.05) is 13.2 Å². The summed E-state index contributed by atoms with van der Waals surface area (Å²) in [5.41, 5.74) is -0.672. The fraction of sp³-hybridized carbons (Fsp3) is 0.909. The number of likely N-dealkylation sites (N-methyl/N-ethyl adjacent to an activating group) is 1. The molecule has 94 valence electrons. The van der Waals surface area contributed by atoms with Gasteiger partial charge in [0.25, 0.3) is 0 Å². The number of carbonyl (C=O) groups excluding carboxylic acids is 1. The molecule has 0 spiro atoms. The molecular formula is C11H21NO4. The van der Waals surface area contributed by atoms with Crippen molar-refractivity contribution in [1.29, 1.82) is 0 Å². The summed E-state index contributed by atoms with van der Waals surface area (Å²) >= 11 is 0. The molecule has 0 aliphatic carbocycles. The minimum absolute atomic E-state index is 0.179. The Morgan fingerprint density at radius 2 is 2.38 bits per heavy atom. The molecule has 5 heteroatoms. The molecule has 0 aromatic heterocycles. The monoisotopic (exact) mass is 231 g/mol. The minimum atomic E-state index is -0.672. The van der Waals surface area contributed by atoms with Crippen molar-refractivity contribution in [3.05, 3.63) is 0 Å². The summed E-state index contributed by atoms with van der Waals surface area (Å²) in [6, 6.07) is 0. The molecule has 0 aromatic rings. The van der Waals surface area contributed by atoms with Crippen LogP contribution >= 0.6 is 0 Å². The second kappa shape index (κ2) is 6.18. The lowest BCUT2D eigenvalue weighted by atomic mass is 9.99. The van der Waals surface area contributed by atoms with Gasteiger partial charge in [-0.05, 0) is 26.8 Å². The van der Waals surface area contributed by atoms with Gasteiger partial charge in [-0.3, -0.25) is 4.79 Å². The van der Waals surface area contributed by atoms with Gasteiger partial charge in [-0.1, -0.05) is 0 Å². The number of nitrogens with one attached hydrogen (secondary N) is 1. The Hall–Kier alpha value is -0.650. The van der Waals surface area contributed by atoms with Crippen molar-refractivity contribution >= 4 is 5.97 Å². The average molecular weight is 231 g/mol. The van der Waals surface area contributed by atoms with Crippen molar-refractivity contribution in [3.63, 3.8) is 0 Å². The van der Waals surface area contributed by atoms with Crippen LogP contribution in [0.25, 0.3) is 0 Å². The number of esters is 1. The molecule has 1 heterocycles. The van der Waals surface area contributed by atoms with Crippen LogP contribution in [0, 0.1) is 0 Å². The highest BCUT2D eigenvalue weighted by Crippen LogP contribution is 2.14. The maximum atomic E-state index is 11.5. The van der Waals surface area contributed by atoms with Gasteiger partial charge in [0.05, 0.1) is 19.8 Å². The van der Waals surface area contributed by atoms with Crippen molar-refractivity contribution in [1.82, 2.24) is 5.32 Å². The second-order valence-corrected chi connectivity index (χ2v) is 4.18. The van der Waals surface area contributed by atoms with E-state index in [1.54, 1.807) is 7.05 Å². The Morgan fingerprint density at radius 1 is 1.62 bits per heavy atom. The zero-order chi connectivity index (χ0) is 12.0. The summed E-state index contributed by atoms with van der Waals surface area (Å²) in [4.78, 5) is 11.5. The molecule has 0 radical (unpaired) electrons. The lowest BCUT2D eigenvalue weighted by molar-refractivity contribution is -0.148. The van der Waals surface area contributed by atoms with Crippen LogP contribution in [-0.2, 0) is 19.0 Å². The van der Waals surface area contributed by atoms with E-state index >= 15 is 0 Å². The molecule has 0 aromatic carbocycles. The first kappa shape index (κ1) is 13.4. The van der Waals surface area contributed by atoms with Crippen LogP contribution in [0.5, 0.6) is 0 Å². The average Bonchev–Trinajstić information content (AvgIpc) is 2.80. The van der Waals surface area contributed by atoms with Gasteiger partial charge in [-0.15, -0.1) is 0 Å². The standard InChI is InChI=1S/C11H21NO4/c1-11(12-2,10(13)14-3)5-7-16-9-4-6-15-8-9/h9,12H,4-8H2,1-3H3. The normalized spacial score (nSPS) is 24.1. The van der Waals surface area contributed by atoms with E-state index in [2.05, 4.69) is 5.32 Å². The number of hydrogen-bond donors (Lipinski definition) is 1. The second-order valence-electron chi connectivity index (χ2n) is 4.18. The molecule has 0 bridgehead atoms. The van der Waals surface area contributed by atoms with Crippen molar-refractivity contribution in [3.8, 4) is 0 Å². The Kier molecular flexibility index (Phi) is 5.18. The molecule has 1 aliphatic heterocycles. The predicted octanol–water partition coefficient (Wildman–Crippen LogP) is 0.333. The molecule has 0 saturated carbocycles. The van der Waals surface area contributed by atoms with E-state index in [1.807, 2.05) is 6.92 Å². The largest absolute Gasteiger partial charge is 0.468 e. The first-order chi connectivity index (χ1) is 7.62. The number of carbonyl (C=O) groups is 1. The fourth-order valence-corrected chi connectivity index (χ4v) is 1.63. The van der Waals surface area contributed by atoms with E-state index in [4.69, 9.17) is 14.2 Å². The summed E-state index contributed by atoms with van der Waals surface area (Å²) in [5, 5.41) is 2.97. The summed E-state index contributed by atoms with van der Waals surface area (Å²) in [7, 11) is 3.14. The number of methoxy groups -OCH3 is 1. The third-order valence-electron chi connectivity index (χ3n) is 3.03. The van der Waals surface area contributed by atoms with Crippen LogP contribution < -0.4 is 5.32 Å². The molecule has 1 fully saturated rings. The van der Waals surface area contributed by atoms with Gasteiger partial charge in [-0.25, -0.2) is 0 Å². The van der Waals surface area contributed by atoms with E-state index in [0.717, 1.165) is 13.0 Å². The summed E-state index contributed by atoms with van der Waals surface area (Å²) < 4.78 is 15.6. The highest BCUT2D eigenvalue weighted by Gasteiger charge is 2.32. The first-order valence-corrected chi connectivity index (χ1v) is 5.59. The summed E-state index contributed by atoms with van der Waals surface area (Å²) in [6.07, 6.45) is 1.71. The maximum Gasteiger partial charge on any atom is 0.325 e. The van der Waals surface area contributed by atoms with Crippen LogP contribution in [0.15, 0.2) is 0 Å².